The second kappa shape index (κ2) is 3.86. The molecule has 3 nitrogen and oxygen atoms in total. The average molecular weight is 182 g/mol. The van der Waals surface area contributed by atoms with Crippen LogP contribution in [0.15, 0.2) is 0 Å². The zero-order valence-electron chi connectivity index (χ0n) is 4.13. The van der Waals surface area contributed by atoms with Gasteiger partial charge in [-0.3, -0.25) is 0 Å². The van der Waals surface area contributed by atoms with Gasteiger partial charge in [-0.2, -0.15) is 0 Å². The molecule has 8 heavy (non-hydrogen) atoms. The summed E-state index contributed by atoms with van der Waals surface area (Å²) in [5.41, 5.74) is 0. The summed E-state index contributed by atoms with van der Waals surface area (Å²) in [6, 6.07) is 0. The van der Waals surface area contributed by atoms with E-state index in [2.05, 4.69) is 15.9 Å². The SMILES string of the molecule is O=C([O-])C[C@@H](O)CBr. The predicted octanol–water partition coefficient (Wildman–Crippen LogP) is -1.12. The summed E-state index contributed by atoms with van der Waals surface area (Å²) in [7, 11) is 0. The van der Waals surface area contributed by atoms with Crippen molar-refractivity contribution in [2.24, 2.45) is 0 Å². The maximum absolute atomic E-state index is 9.68. The molecule has 0 aliphatic rings. The fourth-order valence-corrected chi connectivity index (χ4v) is 0.476. The Bertz CT molecular complexity index is 83.4. The first-order valence-electron chi connectivity index (χ1n) is 2.10. The number of aliphatic carboxylic acids is 1. The van der Waals surface area contributed by atoms with Crippen LogP contribution in [0.1, 0.15) is 6.42 Å². The Morgan fingerprint density at radius 1 is 1.88 bits per heavy atom. The highest BCUT2D eigenvalue weighted by Gasteiger charge is 1.99. The van der Waals surface area contributed by atoms with Gasteiger partial charge in [-0.05, 0) is 0 Å². The number of halogens is 1. The predicted molar refractivity (Wildman–Crippen MR) is 29.4 cm³/mol. The molecule has 0 heterocycles. The van der Waals surface area contributed by atoms with Gasteiger partial charge in [0.2, 0.25) is 0 Å². The lowest BCUT2D eigenvalue weighted by molar-refractivity contribution is -0.307. The molecule has 0 fully saturated rings. The fraction of sp³-hybridized carbons (Fsp3) is 0.750. The van der Waals surface area contributed by atoms with Crippen LogP contribution in [-0.2, 0) is 4.79 Å². The number of alkyl halides is 1. The van der Waals surface area contributed by atoms with E-state index in [9.17, 15) is 9.90 Å². The zero-order valence-corrected chi connectivity index (χ0v) is 5.72. The second-order valence-electron chi connectivity index (χ2n) is 1.38. The van der Waals surface area contributed by atoms with Crippen LogP contribution in [-0.4, -0.2) is 22.5 Å². The molecule has 0 unspecified atom stereocenters. The van der Waals surface area contributed by atoms with Gasteiger partial charge >= 0.3 is 0 Å². The van der Waals surface area contributed by atoms with Crippen molar-refractivity contribution in [3.05, 3.63) is 0 Å². The van der Waals surface area contributed by atoms with Gasteiger partial charge in [-0.15, -0.1) is 0 Å². The summed E-state index contributed by atoms with van der Waals surface area (Å²) in [5.74, 6) is -1.23. The third-order valence-electron chi connectivity index (χ3n) is 0.580. The first-order chi connectivity index (χ1) is 3.66. The molecule has 1 N–H and O–H groups in total. The van der Waals surface area contributed by atoms with Crippen molar-refractivity contribution in [1.82, 2.24) is 0 Å². The van der Waals surface area contributed by atoms with Crippen LogP contribution in [0.4, 0.5) is 0 Å². The minimum atomic E-state index is -1.23. The van der Waals surface area contributed by atoms with Gasteiger partial charge in [-0.1, -0.05) is 15.9 Å². The molecule has 0 spiro atoms. The zero-order chi connectivity index (χ0) is 6.57. The van der Waals surface area contributed by atoms with E-state index in [0.717, 1.165) is 0 Å². The number of carbonyl (C=O) groups excluding carboxylic acids is 1. The Morgan fingerprint density at radius 3 is 2.50 bits per heavy atom. The molecule has 0 aliphatic heterocycles. The molecule has 0 aromatic heterocycles. The van der Waals surface area contributed by atoms with E-state index < -0.39 is 12.1 Å². The topological polar surface area (TPSA) is 60.4 Å². The summed E-state index contributed by atoms with van der Waals surface area (Å²) in [6.45, 7) is 0. The van der Waals surface area contributed by atoms with Gasteiger partial charge < -0.3 is 15.0 Å². The lowest BCUT2D eigenvalue weighted by atomic mass is 10.3. The van der Waals surface area contributed by atoms with Crippen LogP contribution in [0.2, 0.25) is 0 Å². The molecule has 0 saturated carbocycles. The fourth-order valence-electron chi connectivity index (χ4n) is 0.247. The third-order valence-corrected chi connectivity index (χ3v) is 1.33. The van der Waals surface area contributed by atoms with Gasteiger partial charge in [0.1, 0.15) is 0 Å². The van der Waals surface area contributed by atoms with E-state index >= 15 is 0 Å². The number of rotatable bonds is 3. The van der Waals surface area contributed by atoms with Crippen molar-refractivity contribution in [2.75, 3.05) is 5.33 Å². The number of carboxylic acids is 1. The molecule has 0 aromatic carbocycles. The largest absolute Gasteiger partial charge is 0.550 e. The summed E-state index contributed by atoms with van der Waals surface area (Å²) in [5, 5.41) is 18.5. The van der Waals surface area contributed by atoms with Crippen molar-refractivity contribution in [2.45, 2.75) is 12.5 Å². The van der Waals surface area contributed by atoms with Crippen LogP contribution in [0.3, 0.4) is 0 Å². The maximum atomic E-state index is 9.68. The molecule has 1 atom stereocenters. The Balaban J connectivity index is 3.24. The third kappa shape index (κ3) is 4.08. The van der Waals surface area contributed by atoms with E-state index in [-0.39, 0.29) is 11.8 Å². The van der Waals surface area contributed by atoms with E-state index in [1.807, 2.05) is 0 Å². The lowest BCUT2D eigenvalue weighted by Crippen LogP contribution is -2.27. The van der Waals surface area contributed by atoms with Crippen molar-refractivity contribution in [3.8, 4) is 0 Å². The molecule has 0 rings (SSSR count). The normalized spacial score (nSPS) is 13.2. The summed E-state index contributed by atoms with van der Waals surface area (Å²) in [4.78, 5) is 9.68. The van der Waals surface area contributed by atoms with Crippen LogP contribution in [0, 0.1) is 0 Å². The van der Waals surface area contributed by atoms with Gasteiger partial charge in [-0.25, -0.2) is 0 Å². The molecule has 0 bridgehead atoms. The van der Waals surface area contributed by atoms with Crippen molar-refractivity contribution < 1.29 is 15.0 Å². The summed E-state index contributed by atoms with van der Waals surface area (Å²) in [6.07, 6.45) is -1.12. The number of hydrogen-bond acceptors (Lipinski definition) is 3. The van der Waals surface area contributed by atoms with E-state index in [1.165, 1.54) is 0 Å². The molecular formula is C4H6BrO3-. The summed E-state index contributed by atoms with van der Waals surface area (Å²) < 4.78 is 0. The minimum Gasteiger partial charge on any atom is -0.550 e. The molecule has 48 valence electrons. The second-order valence-corrected chi connectivity index (χ2v) is 2.03. The van der Waals surface area contributed by atoms with Crippen molar-refractivity contribution in [1.29, 1.82) is 0 Å². The van der Waals surface area contributed by atoms with Crippen molar-refractivity contribution >= 4 is 21.9 Å². The Labute approximate surface area is 55.5 Å². The molecule has 4 heteroatoms. The first kappa shape index (κ1) is 7.91. The number of aliphatic hydroxyl groups is 1. The Morgan fingerprint density at radius 2 is 2.38 bits per heavy atom. The number of carbonyl (C=O) groups is 1. The Kier molecular flexibility index (Phi) is 3.81. The van der Waals surface area contributed by atoms with Crippen LogP contribution < -0.4 is 5.11 Å². The minimum absolute atomic E-state index is 0.279. The molecule has 0 radical (unpaired) electrons. The van der Waals surface area contributed by atoms with Gasteiger partial charge in [0, 0.05) is 17.7 Å². The van der Waals surface area contributed by atoms with Crippen LogP contribution in [0.25, 0.3) is 0 Å². The standard InChI is InChI=1S/C4H7BrO3/c5-2-3(6)1-4(7)8/h3,6H,1-2H2,(H,7,8)/p-1/t3-/m1/s1. The van der Waals surface area contributed by atoms with Crippen LogP contribution in [0.5, 0.6) is 0 Å². The lowest BCUT2D eigenvalue weighted by Gasteiger charge is -2.05. The van der Waals surface area contributed by atoms with E-state index in [4.69, 9.17) is 5.11 Å². The van der Waals surface area contributed by atoms with Gasteiger partial charge in [0.25, 0.3) is 0 Å². The first-order valence-corrected chi connectivity index (χ1v) is 3.23. The number of hydrogen-bond donors (Lipinski definition) is 1. The highest BCUT2D eigenvalue weighted by molar-refractivity contribution is 9.09. The maximum Gasteiger partial charge on any atom is 0.0689 e. The highest BCUT2D eigenvalue weighted by Crippen LogP contribution is 1.93. The Hall–Kier alpha value is -0.0900. The van der Waals surface area contributed by atoms with Gasteiger partial charge in [0.15, 0.2) is 0 Å². The smallest absolute Gasteiger partial charge is 0.0689 e. The summed E-state index contributed by atoms with van der Waals surface area (Å²) >= 11 is 2.90. The monoisotopic (exact) mass is 181 g/mol. The average Bonchev–Trinajstić information content (AvgIpc) is 1.65. The molecular weight excluding hydrogens is 176 g/mol. The molecule has 0 saturated heterocycles. The molecule has 0 aliphatic carbocycles. The van der Waals surface area contributed by atoms with Crippen molar-refractivity contribution in [3.63, 3.8) is 0 Å². The van der Waals surface area contributed by atoms with E-state index in [1.54, 1.807) is 0 Å². The molecule has 0 aromatic rings. The quantitative estimate of drug-likeness (QED) is 0.562. The number of carboxylic acid groups (broad SMARTS) is 1. The van der Waals surface area contributed by atoms with Gasteiger partial charge in [0.05, 0.1) is 6.10 Å². The highest BCUT2D eigenvalue weighted by atomic mass is 79.9. The number of aliphatic hydroxyl groups excluding tert-OH is 1. The van der Waals surface area contributed by atoms with E-state index in [0.29, 0.717) is 0 Å². The van der Waals surface area contributed by atoms with Crippen LogP contribution >= 0.6 is 15.9 Å². The molecule has 0 amide bonds.